The fourth-order valence-corrected chi connectivity index (χ4v) is 2.41. The summed E-state index contributed by atoms with van der Waals surface area (Å²) in [5.41, 5.74) is 2.53. The van der Waals surface area contributed by atoms with Gasteiger partial charge in [0.05, 0.1) is 12.7 Å². The second-order valence-corrected chi connectivity index (χ2v) is 5.38. The number of ether oxygens (including phenoxy) is 1. The van der Waals surface area contributed by atoms with Gasteiger partial charge < -0.3 is 14.4 Å². The number of hydrogen-bond acceptors (Lipinski definition) is 3. The zero-order chi connectivity index (χ0) is 14.5. The molecule has 0 saturated heterocycles. The molecule has 2 rings (SSSR count). The van der Waals surface area contributed by atoms with Gasteiger partial charge in [-0.3, -0.25) is 4.79 Å². The molecule has 0 aromatic heterocycles. The summed E-state index contributed by atoms with van der Waals surface area (Å²) in [6.45, 7) is 2.69. The van der Waals surface area contributed by atoms with Gasteiger partial charge >= 0.3 is 0 Å². The fourth-order valence-electron chi connectivity index (χ4n) is 2.41. The third kappa shape index (κ3) is 3.90. The van der Waals surface area contributed by atoms with E-state index < -0.39 is 0 Å². The Morgan fingerprint density at radius 3 is 2.65 bits per heavy atom. The summed E-state index contributed by atoms with van der Waals surface area (Å²) in [7, 11) is 1.77. The van der Waals surface area contributed by atoms with E-state index in [4.69, 9.17) is 4.74 Å². The number of carbonyl (C=O) groups is 2. The SMILES string of the molecule is CC(=O)CCC(=O)N(C)CC1Cc2ccccc2CO1. The number of likely N-dealkylation sites (N-methyl/N-ethyl adjacent to an activating group) is 1. The van der Waals surface area contributed by atoms with Crippen LogP contribution in [0.4, 0.5) is 0 Å². The van der Waals surface area contributed by atoms with Crippen molar-refractivity contribution in [2.45, 2.75) is 38.9 Å². The molecule has 0 aliphatic carbocycles. The van der Waals surface area contributed by atoms with Crippen molar-refractivity contribution in [3.8, 4) is 0 Å². The van der Waals surface area contributed by atoms with Gasteiger partial charge in [-0.25, -0.2) is 0 Å². The standard InChI is InChI=1S/C16H21NO3/c1-12(18)7-8-16(19)17(2)10-15-9-13-5-3-4-6-14(13)11-20-15/h3-6,15H,7-11H2,1-2H3. The monoisotopic (exact) mass is 275 g/mol. The lowest BCUT2D eigenvalue weighted by atomic mass is 9.99. The van der Waals surface area contributed by atoms with Crippen LogP contribution in [0.1, 0.15) is 30.9 Å². The van der Waals surface area contributed by atoms with E-state index in [1.54, 1.807) is 11.9 Å². The van der Waals surface area contributed by atoms with Gasteiger partial charge in [0.25, 0.3) is 0 Å². The van der Waals surface area contributed by atoms with E-state index in [9.17, 15) is 9.59 Å². The number of Topliss-reactive ketones (excluding diaryl/α,β-unsaturated/α-hetero) is 1. The van der Waals surface area contributed by atoms with Crippen LogP contribution in [0.2, 0.25) is 0 Å². The maximum atomic E-state index is 11.9. The van der Waals surface area contributed by atoms with Gasteiger partial charge in [-0.2, -0.15) is 0 Å². The minimum atomic E-state index is 0.00246. The lowest BCUT2D eigenvalue weighted by molar-refractivity contribution is -0.133. The Balaban J connectivity index is 1.85. The Morgan fingerprint density at radius 2 is 1.95 bits per heavy atom. The minimum Gasteiger partial charge on any atom is -0.371 e. The van der Waals surface area contributed by atoms with Crippen molar-refractivity contribution in [1.82, 2.24) is 4.90 Å². The summed E-state index contributed by atoms with van der Waals surface area (Å²) in [5, 5.41) is 0. The molecule has 1 aromatic carbocycles. The topological polar surface area (TPSA) is 46.6 Å². The van der Waals surface area contributed by atoms with Gasteiger partial charge in [0, 0.05) is 32.9 Å². The summed E-state index contributed by atoms with van der Waals surface area (Å²) in [5.74, 6) is 0.0530. The molecule has 1 unspecified atom stereocenters. The first-order valence-corrected chi connectivity index (χ1v) is 6.98. The number of hydrogen-bond donors (Lipinski definition) is 0. The Bertz CT molecular complexity index is 498. The van der Waals surface area contributed by atoms with E-state index >= 15 is 0 Å². The molecule has 0 saturated carbocycles. The summed E-state index contributed by atoms with van der Waals surface area (Å²) < 4.78 is 5.79. The number of benzene rings is 1. The second-order valence-electron chi connectivity index (χ2n) is 5.38. The highest BCUT2D eigenvalue weighted by Crippen LogP contribution is 2.20. The van der Waals surface area contributed by atoms with Crippen molar-refractivity contribution >= 4 is 11.7 Å². The molecule has 1 amide bonds. The Morgan fingerprint density at radius 1 is 1.25 bits per heavy atom. The number of carbonyl (C=O) groups excluding carboxylic acids is 2. The van der Waals surface area contributed by atoms with Gasteiger partial charge in [-0.15, -0.1) is 0 Å². The van der Waals surface area contributed by atoms with E-state index in [-0.39, 0.29) is 24.2 Å². The Labute approximate surface area is 119 Å². The second kappa shape index (κ2) is 6.66. The summed E-state index contributed by atoms with van der Waals surface area (Å²) in [6, 6.07) is 8.23. The van der Waals surface area contributed by atoms with Crippen molar-refractivity contribution in [3.05, 3.63) is 35.4 Å². The van der Waals surface area contributed by atoms with Crippen molar-refractivity contribution in [2.75, 3.05) is 13.6 Å². The number of ketones is 1. The maximum absolute atomic E-state index is 11.9. The fraction of sp³-hybridized carbons (Fsp3) is 0.500. The van der Waals surface area contributed by atoms with Crippen LogP contribution < -0.4 is 0 Å². The molecule has 4 heteroatoms. The molecule has 108 valence electrons. The van der Waals surface area contributed by atoms with E-state index in [1.807, 2.05) is 12.1 Å². The molecular formula is C16H21NO3. The van der Waals surface area contributed by atoms with Crippen LogP contribution in [0.3, 0.4) is 0 Å². The molecule has 1 aliphatic rings. The van der Waals surface area contributed by atoms with E-state index in [2.05, 4.69) is 12.1 Å². The van der Waals surface area contributed by atoms with Crippen molar-refractivity contribution in [3.63, 3.8) is 0 Å². The molecule has 1 aliphatic heterocycles. The van der Waals surface area contributed by atoms with Gasteiger partial charge in [0.2, 0.25) is 5.91 Å². The Hall–Kier alpha value is -1.68. The Kier molecular flexibility index (Phi) is 4.90. The molecule has 0 radical (unpaired) electrons. The maximum Gasteiger partial charge on any atom is 0.222 e. The molecule has 0 spiro atoms. The quantitative estimate of drug-likeness (QED) is 0.825. The number of amides is 1. The zero-order valence-corrected chi connectivity index (χ0v) is 12.1. The van der Waals surface area contributed by atoms with Crippen LogP contribution >= 0.6 is 0 Å². The molecule has 1 aromatic rings. The molecular weight excluding hydrogens is 254 g/mol. The number of fused-ring (bicyclic) bond motifs is 1. The van der Waals surface area contributed by atoms with Gasteiger partial charge in [-0.05, 0) is 18.1 Å². The minimum absolute atomic E-state index is 0.00246. The van der Waals surface area contributed by atoms with Crippen LogP contribution in [0.5, 0.6) is 0 Å². The van der Waals surface area contributed by atoms with E-state index in [0.29, 0.717) is 19.6 Å². The third-order valence-corrected chi connectivity index (χ3v) is 3.63. The smallest absolute Gasteiger partial charge is 0.222 e. The lowest BCUT2D eigenvalue weighted by Crippen LogP contribution is -2.38. The molecule has 0 bridgehead atoms. The first-order chi connectivity index (χ1) is 9.56. The predicted octanol–water partition coefficient (Wildman–Crippen LogP) is 1.96. The van der Waals surface area contributed by atoms with Crippen LogP contribution in [0.15, 0.2) is 24.3 Å². The number of rotatable bonds is 5. The average molecular weight is 275 g/mol. The first-order valence-electron chi connectivity index (χ1n) is 6.98. The van der Waals surface area contributed by atoms with Crippen LogP contribution in [0.25, 0.3) is 0 Å². The zero-order valence-electron chi connectivity index (χ0n) is 12.1. The lowest BCUT2D eigenvalue weighted by Gasteiger charge is -2.29. The molecule has 1 heterocycles. The van der Waals surface area contributed by atoms with Crippen molar-refractivity contribution < 1.29 is 14.3 Å². The largest absolute Gasteiger partial charge is 0.371 e. The van der Waals surface area contributed by atoms with Crippen molar-refractivity contribution in [2.24, 2.45) is 0 Å². The van der Waals surface area contributed by atoms with E-state index in [0.717, 1.165) is 6.42 Å². The molecule has 4 nitrogen and oxygen atoms in total. The van der Waals surface area contributed by atoms with Crippen LogP contribution in [-0.2, 0) is 27.4 Å². The first kappa shape index (κ1) is 14.7. The normalized spacial score (nSPS) is 17.4. The van der Waals surface area contributed by atoms with Crippen molar-refractivity contribution in [1.29, 1.82) is 0 Å². The van der Waals surface area contributed by atoms with Gasteiger partial charge in [-0.1, -0.05) is 24.3 Å². The molecule has 0 N–H and O–H groups in total. The van der Waals surface area contributed by atoms with Crippen LogP contribution in [-0.4, -0.2) is 36.3 Å². The predicted molar refractivity (Wildman–Crippen MR) is 76.3 cm³/mol. The highest BCUT2D eigenvalue weighted by atomic mass is 16.5. The summed E-state index contributed by atoms with van der Waals surface area (Å²) >= 11 is 0. The molecule has 1 atom stereocenters. The third-order valence-electron chi connectivity index (χ3n) is 3.63. The number of nitrogens with zero attached hydrogens (tertiary/aromatic N) is 1. The van der Waals surface area contributed by atoms with E-state index in [1.165, 1.54) is 18.1 Å². The summed E-state index contributed by atoms with van der Waals surface area (Å²) in [4.78, 5) is 24.5. The molecule has 20 heavy (non-hydrogen) atoms. The molecule has 0 fully saturated rings. The van der Waals surface area contributed by atoms with Gasteiger partial charge in [0.15, 0.2) is 0 Å². The van der Waals surface area contributed by atoms with Crippen LogP contribution in [0, 0.1) is 0 Å². The summed E-state index contributed by atoms with van der Waals surface area (Å²) in [6.07, 6.45) is 1.48. The van der Waals surface area contributed by atoms with Gasteiger partial charge in [0.1, 0.15) is 5.78 Å². The average Bonchev–Trinajstić information content (AvgIpc) is 2.44. The highest BCUT2D eigenvalue weighted by Gasteiger charge is 2.21. The highest BCUT2D eigenvalue weighted by molar-refractivity contribution is 5.83.